The quantitative estimate of drug-likeness (QED) is 0.159. The number of thiocarbonyl (C=S) groups is 2. The van der Waals surface area contributed by atoms with Gasteiger partial charge < -0.3 is 21.3 Å². The van der Waals surface area contributed by atoms with Gasteiger partial charge in [-0.1, -0.05) is 59.4 Å². The minimum atomic E-state index is 0.229. The van der Waals surface area contributed by atoms with Gasteiger partial charge in [-0.15, -0.1) is 0 Å². The van der Waals surface area contributed by atoms with E-state index in [-0.39, 0.29) is 17.8 Å². The first-order chi connectivity index (χ1) is 18.0. The fraction of sp³-hybridized carbons (Fsp3) is 0.0400. The zero-order valence-electron chi connectivity index (χ0n) is 19.5. The van der Waals surface area contributed by atoms with Gasteiger partial charge in [0, 0.05) is 11.4 Å². The molecule has 0 aliphatic heterocycles. The number of fused-ring (bicyclic) bond motifs is 1. The molecule has 37 heavy (non-hydrogen) atoms. The molecule has 0 saturated heterocycles. The Bertz CT molecular complexity index is 1520. The van der Waals surface area contributed by atoms with Crippen LogP contribution in [0, 0.1) is 6.92 Å². The van der Waals surface area contributed by atoms with Gasteiger partial charge in [0.05, 0.1) is 10.2 Å². The summed E-state index contributed by atoms with van der Waals surface area (Å²) in [6, 6.07) is 25.3. The van der Waals surface area contributed by atoms with Crippen molar-refractivity contribution in [1.29, 1.82) is 0 Å². The number of para-hydroxylation sites is 2. The number of nitrogens with one attached hydrogen (secondary N) is 5. The molecule has 5 rings (SSSR count). The molecule has 0 atom stereocenters. The summed E-state index contributed by atoms with van der Waals surface area (Å²) in [5.74, 6) is 0.737. The summed E-state index contributed by atoms with van der Waals surface area (Å²) in [5, 5.41) is 16.7. The Morgan fingerprint density at radius 2 is 1.19 bits per heavy atom. The third-order valence-corrected chi connectivity index (χ3v) is 6.30. The second-order valence-electron chi connectivity index (χ2n) is 7.81. The van der Waals surface area contributed by atoms with Crippen LogP contribution in [0.15, 0.2) is 78.9 Å². The number of aryl methyl sites for hydroxylation is 1. The molecule has 184 valence electrons. The molecule has 3 aromatic carbocycles. The van der Waals surface area contributed by atoms with Crippen molar-refractivity contribution in [2.24, 2.45) is 0 Å². The summed E-state index contributed by atoms with van der Waals surface area (Å²) in [6.07, 6.45) is 0. The van der Waals surface area contributed by atoms with Crippen LogP contribution in [0.4, 0.5) is 34.4 Å². The van der Waals surface area contributed by atoms with Crippen molar-refractivity contribution in [2.75, 3.05) is 26.6 Å². The van der Waals surface area contributed by atoms with E-state index in [1.807, 2.05) is 85.8 Å². The lowest BCUT2D eigenvalue weighted by Gasteiger charge is -2.13. The number of anilines is 6. The first-order valence-corrected chi connectivity index (χ1v) is 12.8. The Balaban J connectivity index is 1.37. The highest BCUT2D eigenvalue weighted by Gasteiger charge is 2.12. The van der Waals surface area contributed by atoms with Crippen molar-refractivity contribution in [2.45, 2.75) is 6.92 Å². The Morgan fingerprint density at radius 1 is 0.622 bits per heavy atom. The molecule has 0 radical (unpaired) electrons. The Hall–Kier alpha value is -4.26. The summed E-state index contributed by atoms with van der Waals surface area (Å²) in [4.78, 5) is 18.0. The van der Waals surface area contributed by atoms with E-state index in [1.54, 1.807) is 0 Å². The predicted octanol–water partition coefficient (Wildman–Crippen LogP) is 6.15. The van der Waals surface area contributed by atoms with E-state index < -0.39 is 0 Å². The van der Waals surface area contributed by atoms with Crippen molar-refractivity contribution in [3.05, 3.63) is 84.4 Å². The smallest absolute Gasteiger partial charge is 0.235 e. The van der Waals surface area contributed by atoms with Crippen molar-refractivity contribution in [3.63, 3.8) is 0 Å². The third kappa shape index (κ3) is 6.70. The molecule has 0 spiro atoms. The molecule has 0 amide bonds. The average molecular weight is 544 g/mol. The molecule has 12 heteroatoms. The molecule has 0 fully saturated rings. The predicted molar refractivity (Wildman–Crippen MR) is 160 cm³/mol. The molecule has 9 nitrogen and oxygen atoms in total. The molecule has 5 aromatic rings. The number of benzene rings is 3. The summed E-state index contributed by atoms with van der Waals surface area (Å²) in [5.41, 5.74) is 3.72. The second kappa shape index (κ2) is 11.2. The molecule has 0 saturated carbocycles. The van der Waals surface area contributed by atoms with Crippen LogP contribution < -0.4 is 26.6 Å². The highest BCUT2D eigenvalue weighted by atomic mass is 32.1. The Labute approximate surface area is 227 Å². The summed E-state index contributed by atoms with van der Waals surface area (Å²) in [6.45, 7) is 2.02. The van der Waals surface area contributed by atoms with E-state index in [4.69, 9.17) is 24.4 Å². The standard InChI is InChI=1S/C25H21N9S3/c1-15-11-13-17(14-12-15)27-24(36)33-21-29-20(32-23(35)26-16-7-3-2-4-8-16)30-22(31-21)34-25-28-18-9-5-6-10-19(18)37-25/h2-14H,1H3,(H5,26,27,28,29,30,31,32,33,34,35,36). The van der Waals surface area contributed by atoms with Crippen LogP contribution in [-0.2, 0) is 0 Å². The molecule has 0 aliphatic carbocycles. The number of rotatable bonds is 6. The first kappa shape index (κ1) is 24.4. The number of hydrogen-bond acceptors (Lipinski definition) is 8. The summed E-state index contributed by atoms with van der Waals surface area (Å²) in [7, 11) is 0. The third-order valence-electron chi connectivity index (χ3n) is 4.94. The molecule has 0 unspecified atom stereocenters. The van der Waals surface area contributed by atoms with Crippen LogP contribution in [0.2, 0.25) is 0 Å². The zero-order chi connectivity index (χ0) is 25.6. The lowest BCUT2D eigenvalue weighted by molar-refractivity contribution is 1.07. The van der Waals surface area contributed by atoms with E-state index >= 15 is 0 Å². The number of thiazole rings is 1. The van der Waals surface area contributed by atoms with Crippen LogP contribution in [0.3, 0.4) is 0 Å². The van der Waals surface area contributed by atoms with Crippen LogP contribution in [0.25, 0.3) is 10.2 Å². The van der Waals surface area contributed by atoms with E-state index in [1.165, 1.54) is 11.3 Å². The summed E-state index contributed by atoms with van der Waals surface area (Å²) < 4.78 is 1.05. The lowest BCUT2D eigenvalue weighted by atomic mass is 10.2. The average Bonchev–Trinajstić information content (AvgIpc) is 3.28. The van der Waals surface area contributed by atoms with E-state index in [2.05, 4.69) is 46.5 Å². The second-order valence-corrected chi connectivity index (χ2v) is 9.66. The fourth-order valence-electron chi connectivity index (χ4n) is 3.25. The Morgan fingerprint density at radius 3 is 1.84 bits per heavy atom. The zero-order valence-corrected chi connectivity index (χ0v) is 22.0. The molecule has 0 aliphatic rings. The summed E-state index contributed by atoms with van der Waals surface area (Å²) >= 11 is 12.4. The van der Waals surface area contributed by atoms with Gasteiger partial charge in [0.1, 0.15) is 0 Å². The van der Waals surface area contributed by atoms with Crippen molar-refractivity contribution >= 4 is 90.6 Å². The van der Waals surface area contributed by atoms with Gasteiger partial charge in [-0.05, 0) is 67.8 Å². The molecule has 0 bridgehead atoms. The van der Waals surface area contributed by atoms with Gasteiger partial charge in [0.25, 0.3) is 0 Å². The van der Waals surface area contributed by atoms with Crippen LogP contribution >= 0.6 is 35.8 Å². The largest absolute Gasteiger partial charge is 0.332 e. The molecular formula is C25H21N9S3. The van der Waals surface area contributed by atoms with Gasteiger partial charge in [0.2, 0.25) is 17.8 Å². The van der Waals surface area contributed by atoms with Gasteiger partial charge >= 0.3 is 0 Å². The van der Waals surface area contributed by atoms with E-state index in [9.17, 15) is 0 Å². The normalized spacial score (nSPS) is 10.5. The maximum atomic E-state index is 5.47. The van der Waals surface area contributed by atoms with Crippen LogP contribution in [0.5, 0.6) is 0 Å². The minimum Gasteiger partial charge on any atom is -0.332 e. The minimum absolute atomic E-state index is 0.229. The lowest BCUT2D eigenvalue weighted by Crippen LogP contribution is -2.24. The van der Waals surface area contributed by atoms with Crippen molar-refractivity contribution in [3.8, 4) is 0 Å². The first-order valence-electron chi connectivity index (χ1n) is 11.2. The van der Waals surface area contributed by atoms with Crippen molar-refractivity contribution < 1.29 is 0 Å². The fourth-order valence-corrected chi connectivity index (χ4v) is 4.53. The van der Waals surface area contributed by atoms with Gasteiger partial charge in [-0.25, -0.2) is 4.98 Å². The SMILES string of the molecule is Cc1ccc(NC(=S)Nc2nc(NC(=S)Nc3ccccc3)nc(Nc3nc4ccccc4s3)n2)cc1. The van der Waals surface area contributed by atoms with Crippen LogP contribution in [-0.4, -0.2) is 30.2 Å². The number of aromatic nitrogens is 4. The molecule has 5 N–H and O–H groups in total. The molecular weight excluding hydrogens is 523 g/mol. The highest BCUT2D eigenvalue weighted by Crippen LogP contribution is 2.27. The number of hydrogen-bond donors (Lipinski definition) is 5. The number of nitrogens with zero attached hydrogens (tertiary/aromatic N) is 4. The molecule has 2 heterocycles. The topological polar surface area (TPSA) is 112 Å². The molecule has 2 aromatic heterocycles. The Kier molecular flexibility index (Phi) is 7.40. The maximum absolute atomic E-state index is 5.47. The van der Waals surface area contributed by atoms with E-state index in [0.29, 0.717) is 15.4 Å². The van der Waals surface area contributed by atoms with Crippen molar-refractivity contribution in [1.82, 2.24) is 19.9 Å². The van der Waals surface area contributed by atoms with Gasteiger partial charge in [-0.2, -0.15) is 15.0 Å². The van der Waals surface area contributed by atoms with Gasteiger partial charge in [0.15, 0.2) is 15.4 Å². The van der Waals surface area contributed by atoms with Gasteiger partial charge in [-0.3, -0.25) is 5.32 Å². The van der Waals surface area contributed by atoms with Crippen LogP contribution in [0.1, 0.15) is 5.56 Å². The monoisotopic (exact) mass is 543 g/mol. The maximum Gasteiger partial charge on any atom is 0.235 e. The highest BCUT2D eigenvalue weighted by molar-refractivity contribution is 7.81. The van der Waals surface area contributed by atoms with E-state index in [0.717, 1.165) is 27.2 Å².